The summed E-state index contributed by atoms with van der Waals surface area (Å²) < 4.78 is 0. The molecule has 3 nitrogen and oxygen atoms in total. The van der Waals surface area contributed by atoms with Gasteiger partial charge in [-0.25, -0.2) is 0 Å². The highest BCUT2D eigenvalue weighted by Gasteiger charge is 2.21. The third-order valence-electron chi connectivity index (χ3n) is 3.43. The van der Waals surface area contributed by atoms with Crippen LogP contribution in [0.5, 0.6) is 0 Å². The Labute approximate surface area is 108 Å². The largest absolute Gasteiger partial charge is 0.338 e. The van der Waals surface area contributed by atoms with E-state index in [1.54, 1.807) is 4.90 Å². The summed E-state index contributed by atoms with van der Waals surface area (Å²) in [6, 6.07) is 7.78. The van der Waals surface area contributed by atoms with E-state index in [2.05, 4.69) is 13.8 Å². The van der Waals surface area contributed by atoms with Crippen LogP contribution in [0.3, 0.4) is 0 Å². The van der Waals surface area contributed by atoms with E-state index in [4.69, 9.17) is 0 Å². The molecule has 0 aliphatic carbocycles. The van der Waals surface area contributed by atoms with Crippen molar-refractivity contribution in [1.82, 2.24) is 4.90 Å². The lowest BCUT2D eigenvalue weighted by Gasteiger charge is -2.26. The van der Waals surface area contributed by atoms with E-state index in [1.807, 2.05) is 24.3 Å². The third-order valence-corrected chi connectivity index (χ3v) is 3.43. The van der Waals surface area contributed by atoms with Gasteiger partial charge in [-0.2, -0.15) is 0 Å². The Bertz CT molecular complexity index is 438. The predicted octanol–water partition coefficient (Wildman–Crippen LogP) is 2.62. The topological polar surface area (TPSA) is 37.4 Å². The summed E-state index contributed by atoms with van der Waals surface area (Å²) >= 11 is 0. The van der Waals surface area contributed by atoms with Crippen molar-refractivity contribution < 1.29 is 9.59 Å². The monoisotopic (exact) mass is 245 g/mol. The van der Waals surface area contributed by atoms with Crippen molar-refractivity contribution in [3.63, 3.8) is 0 Å². The van der Waals surface area contributed by atoms with Crippen molar-refractivity contribution in [2.75, 3.05) is 13.1 Å². The SMILES string of the molecule is CC(C)c1ccc(C(=O)N2CCC(=O)CC2)cc1. The molecule has 2 rings (SSSR count). The third kappa shape index (κ3) is 2.78. The molecule has 1 fully saturated rings. The van der Waals surface area contributed by atoms with E-state index in [1.165, 1.54) is 5.56 Å². The van der Waals surface area contributed by atoms with Crippen LogP contribution in [0.4, 0.5) is 0 Å². The number of hydrogen-bond donors (Lipinski definition) is 0. The molecule has 0 spiro atoms. The normalized spacial score (nSPS) is 16.2. The minimum Gasteiger partial charge on any atom is -0.338 e. The maximum atomic E-state index is 12.2. The zero-order valence-electron chi connectivity index (χ0n) is 11.0. The van der Waals surface area contributed by atoms with Crippen LogP contribution in [0.25, 0.3) is 0 Å². The molecule has 1 saturated heterocycles. The second-order valence-electron chi connectivity index (χ2n) is 5.11. The van der Waals surface area contributed by atoms with Crippen molar-refractivity contribution in [3.8, 4) is 0 Å². The molecule has 3 heteroatoms. The Morgan fingerprint density at radius 2 is 1.67 bits per heavy atom. The molecule has 0 aromatic heterocycles. The molecule has 1 amide bonds. The van der Waals surface area contributed by atoms with Crippen molar-refractivity contribution in [1.29, 1.82) is 0 Å². The molecule has 0 bridgehead atoms. The number of piperidine rings is 1. The van der Waals surface area contributed by atoms with Gasteiger partial charge in [-0.3, -0.25) is 9.59 Å². The molecule has 0 saturated carbocycles. The number of likely N-dealkylation sites (tertiary alicyclic amines) is 1. The Balaban J connectivity index is 2.07. The Morgan fingerprint density at radius 1 is 1.11 bits per heavy atom. The van der Waals surface area contributed by atoms with Gasteiger partial charge in [0.05, 0.1) is 0 Å². The van der Waals surface area contributed by atoms with Gasteiger partial charge in [-0.15, -0.1) is 0 Å². The lowest BCUT2D eigenvalue weighted by molar-refractivity contribution is -0.120. The van der Waals surface area contributed by atoms with Crippen LogP contribution in [0.1, 0.15) is 48.5 Å². The fourth-order valence-electron chi connectivity index (χ4n) is 2.15. The van der Waals surface area contributed by atoms with Crippen LogP contribution in [-0.2, 0) is 4.79 Å². The quantitative estimate of drug-likeness (QED) is 0.803. The maximum absolute atomic E-state index is 12.2. The molecule has 0 N–H and O–H groups in total. The number of nitrogens with zero attached hydrogens (tertiary/aromatic N) is 1. The van der Waals surface area contributed by atoms with E-state index in [-0.39, 0.29) is 11.7 Å². The van der Waals surface area contributed by atoms with Gasteiger partial charge in [-0.05, 0) is 23.6 Å². The molecular weight excluding hydrogens is 226 g/mol. The summed E-state index contributed by atoms with van der Waals surface area (Å²) in [7, 11) is 0. The van der Waals surface area contributed by atoms with Crippen molar-refractivity contribution >= 4 is 11.7 Å². The van der Waals surface area contributed by atoms with Crippen LogP contribution >= 0.6 is 0 Å². The van der Waals surface area contributed by atoms with Gasteiger partial charge in [0.1, 0.15) is 5.78 Å². The highest BCUT2D eigenvalue weighted by Crippen LogP contribution is 2.17. The molecule has 0 unspecified atom stereocenters. The Hall–Kier alpha value is -1.64. The van der Waals surface area contributed by atoms with Gasteiger partial charge in [0.2, 0.25) is 0 Å². The lowest BCUT2D eigenvalue weighted by atomic mass is 10.0. The summed E-state index contributed by atoms with van der Waals surface area (Å²) in [6.07, 6.45) is 0.992. The molecule has 1 aliphatic rings. The van der Waals surface area contributed by atoms with Gasteiger partial charge < -0.3 is 4.90 Å². The van der Waals surface area contributed by atoms with Crippen LogP contribution in [0, 0.1) is 0 Å². The number of carbonyl (C=O) groups excluding carboxylic acids is 2. The minimum absolute atomic E-state index is 0.0396. The summed E-state index contributed by atoms with van der Waals surface area (Å²) in [5, 5.41) is 0. The van der Waals surface area contributed by atoms with E-state index >= 15 is 0 Å². The number of amides is 1. The number of ketones is 1. The fourth-order valence-corrected chi connectivity index (χ4v) is 2.15. The van der Waals surface area contributed by atoms with Gasteiger partial charge in [-0.1, -0.05) is 26.0 Å². The lowest BCUT2D eigenvalue weighted by Crippen LogP contribution is -2.38. The van der Waals surface area contributed by atoms with Gasteiger partial charge in [0, 0.05) is 31.5 Å². The number of carbonyl (C=O) groups is 2. The van der Waals surface area contributed by atoms with E-state index in [9.17, 15) is 9.59 Å². The van der Waals surface area contributed by atoms with Gasteiger partial charge >= 0.3 is 0 Å². The number of rotatable bonds is 2. The van der Waals surface area contributed by atoms with Crippen molar-refractivity contribution in [2.45, 2.75) is 32.6 Å². The molecule has 1 aliphatic heterocycles. The summed E-state index contributed by atoms with van der Waals surface area (Å²) in [4.78, 5) is 25.1. The van der Waals surface area contributed by atoms with Crippen LogP contribution < -0.4 is 0 Å². The van der Waals surface area contributed by atoms with Crippen LogP contribution in [0.15, 0.2) is 24.3 Å². The Kier molecular flexibility index (Phi) is 3.80. The first-order chi connectivity index (χ1) is 8.58. The first kappa shape index (κ1) is 12.8. The molecule has 1 aromatic carbocycles. The molecule has 1 aromatic rings. The van der Waals surface area contributed by atoms with Crippen LogP contribution in [-0.4, -0.2) is 29.7 Å². The second-order valence-corrected chi connectivity index (χ2v) is 5.11. The smallest absolute Gasteiger partial charge is 0.253 e. The van der Waals surface area contributed by atoms with E-state index in [0.717, 1.165) is 0 Å². The van der Waals surface area contributed by atoms with E-state index in [0.29, 0.717) is 37.4 Å². The average molecular weight is 245 g/mol. The molecule has 18 heavy (non-hydrogen) atoms. The van der Waals surface area contributed by atoms with Crippen molar-refractivity contribution in [3.05, 3.63) is 35.4 Å². The van der Waals surface area contributed by atoms with Gasteiger partial charge in [0.25, 0.3) is 5.91 Å². The molecule has 0 radical (unpaired) electrons. The molecule has 0 atom stereocenters. The summed E-state index contributed by atoms with van der Waals surface area (Å²) in [5.74, 6) is 0.772. The number of hydrogen-bond acceptors (Lipinski definition) is 2. The average Bonchev–Trinajstić information content (AvgIpc) is 2.39. The zero-order chi connectivity index (χ0) is 13.1. The zero-order valence-corrected chi connectivity index (χ0v) is 11.0. The highest BCUT2D eigenvalue weighted by molar-refractivity contribution is 5.95. The highest BCUT2D eigenvalue weighted by atomic mass is 16.2. The fraction of sp³-hybridized carbons (Fsp3) is 0.467. The summed E-state index contributed by atoms with van der Waals surface area (Å²) in [6.45, 7) is 5.38. The van der Waals surface area contributed by atoms with Gasteiger partial charge in [0.15, 0.2) is 0 Å². The first-order valence-corrected chi connectivity index (χ1v) is 6.49. The molecular formula is C15H19NO2. The minimum atomic E-state index is 0.0396. The molecule has 1 heterocycles. The first-order valence-electron chi connectivity index (χ1n) is 6.49. The molecule has 96 valence electrons. The number of Topliss-reactive ketones (excluding diaryl/α,β-unsaturated/α-hetero) is 1. The second kappa shape index (κ2) is 5.34. The summed E-state index contributed by atoms with van der Waals surface area (Å²) in [5.41, 5.74) is 1.95. The van der Waals surface area contributed by atoms with Crippen LogP contribution in [0.2, 0.25) is 0 Å². The Morgan fingerprint density at radius 3 is 2.17 bits per heavy atom. The standard InChI is InChI=1S/C15H19NO2/c1-11(2)12-3-5-13(6-4-12)15(18)16-9-7-14(17)8-10-16/h3-6,11H,7-10H2,1-2H3. The maximum Gasteiger partial charge on any atom is 0.253 e. The van der Waals surface area contributed by atoms with Crippen molar-refractivity contribution in [2.24, 2.45) is 0 Å². The van der Waals surface area contributed by atoms with E-state index < -0.39 is 0 Å². The predicted molar refractivity (Wildman–Crippen MR) is 70.7 cm³/mol. The number of benzene rings is 1.